The lowest BCUT2D eigenvalue weighted by Crippen LogP contribution is -1.97. The van der Waals surface area contributed by atoms with Crippen molar-refractivity contribution in [2.45, 2.75) is 0 Å². The Kier molecular flexibility index (Phi) is 4.52. The van der Waals surface area contributed by atoms with E-state index in [0.717, 1.165) is 5.69 Å². The molecule has 0 heterocycles. The van der Waals surface area contributed by atoms with Crippen molar-refractivity contribution in [3.05, 3.63) is 42.0 Å². The summed E-state index contributed by atoms with van der Waals surface area (Å²) in [6.07, 6.45) is 0. The molecule has 0 fully saturated rings. The van der Waals surface area contributed by atoms with Gasteiger partial charge >= 0.3 is 0 Å². The Balaban J connectivity index is 2.36. The van der Waals surface area contributed by atoms with Gasteiger partial charge in [-0.15, -0.1) is 0 Å². The van der Waals surface area contributed by atoms with Crippen LogP contribution >= 0.6 is 0 Å². The number of nitrogens with one attached hydrogen (secondary N) is 1. The molecule has 0 atom stereocenters. The number of hydrogen-bond acceptors (Lipinski definition) is 5. The molecule has 0 aliphatic heterocycles. The van der Waals surface area contributed by atoms with Crippen LogP contribution in [0.25, 0.3) is 0 Å². The van der Waals surface area contributed by atoms with Crippen LogP contribution in [0.15, 0.2) is 36.4 Å². The van der Waals surface area contributed by atoms with Gasteiger partial charge in [-0.3, -0.25) is 0 Å². The van der Waals surface area contributed by atoms with E-state index in [4.69, 9.17) is 19.5 Å². The Morgan fingerprint density at radius 3 is 2.29 bits per heavy atom. The van der Waals surface area contributed by atoms with E-state index < -0.39 is 0 Å². The predicted octanol–water partition coefficient (Wildman–Crippen LogP) is 3.33. The molecule has 2 aromatic rings. The molecule has 0 aliphatic rings. The first kappa shape index (κ1) is 14.5. The molecule has 0 aromatic heterocycles. The molecule has 2 rings (SSSR count). The molecule has 0 saturated heterocycles. The minimum absolute atomic E-state index is 0.533. The van der Waals surface area contributed by atoms with Gasteiger partial charge in [0.05, 0.1) is 32.6 Å². The highest BCUT2D eigenvalue weighted by atomic mass is 16.5. The van der Waals surface area contributed by atoms with Crippen molar-refractivity contribution in [1.82, 2.24) is 0 Å². The van der Waals surface area contributed by atoms with E-state index in [1.165, 1.54) is 0 Å². The normalized spacial score (nSPS) is 9.62. The highest BCUT2D eigenvalue weighted by Gasteiger charge is 2.08. The highest BCUT2D eigenvalue weighted by molar-refractivity contribution is 5.69. The van der Waals surface area contributed by atoms with Crippen LogP contribution in [0.1, 0.15) is 5.56 Å². The van der Waals surface area contributed by atoms with Crippen molar-refractivity contribution in [1.29, 1.82) is 5.26 Å². The largest absolute Gasteiger partial charge is 0.497 e. The number of rotatable bonds is 5. The molecule has 5 heteroatoms. The molecule has 108 valence electrons. The Bertz CT molecular complexity index is 678. The fourth-order valence-electron chi connectivity index (χ4n) is 1.92. The van der Waals surface area contributed by atoms with E-state index in [1.807, 2.05) is 6.07 Å². The second-order valence-corrected chi connectivity index (χ2v) is 4.22. The molecular weight excluding hydrogens is 268 g/mol. The second kappa shape index (κ2) is 6.53. The smallest absolute Gasteiger partial charge is 0.162 e. The maximum Gasteiger partial charge on any atom is 0.162 e. The molecule has 2 aromatic carbocycles. The first-order valence-corrected chi connectivity index (χ1v) is 6.29. The summed E-state index contributed by atoms with van der Waals surface area (Å²) in [6, 6.07) is 12.8. The third-order valence-electron chi connectivity index (χ3n) is 3.01. The maximum absolute atomic E-state index is 9.17. The van der Waals surface area contributed by atoms with Crippen LogP contribution in [-0.2, 0) is 0 Å². The standard InChI is InChI=1S/C16H16N2O3/c1-19-13-6-4-11(10-17)14(9-13)18-12-5-7-15(20-2)16(8-12)21-3/h4-9,18H,1-3H3. The minimum atomic E-state index is 0.533. The third kappa shape index (κ3) is 3.18. The molecule has 0 radical (unpaired) electrons. The van der Waals surface area contributed by atoms with E-state index in [2.05, 4.69) is 11.4 Å². The molecule has 0 unspecified atom stereocenters. The lowest BCUT2D eigenvalue weighted by Gasteiger charge is -2.13. The average Bonchev–Trinajstić information content (AvgIpc) is 2.54. The zero-order valence-corrected chi connectivity index (χ0v) is 12.1. The fourth-order valence-corrected chi connectivity index (χ4v) is 1.92. The monoisotopic (exact) mass is 284 g/mol. The van der Waals surface area contributed by atoms with Crippen LogP contribution in [0.5, 0.6) is 17.2 Å². The lowest BCUT2D eigenvalue weighted by molar-refractivity contribution is 0.355. The number of hydrogen-bond donors (Lipinski definition) is 1. The van der Waals surface area contributed by atoms with Gasteiger partial charge in [0, 0.05) is 17.8 Å². The first-order chi connectivity index (χ1) is 10.2. The molecule has 0 spiro atoms. The molecule has 0 bridgehead atoms. The number of ether oxygens (including phenoxy) is 3. The zero-order valence-electron chi connectivity index (χ0n) is 12.1. The second-order valence-electron chi connectivity index (χ2n) is 4.22. The van der Waals surface area contributed by atoms with Crippen molar-refractivity contribution in [2.24, 2.45) is 0 Å². The minimum Gasteiger partial charge on any atom is -0.497 e. The first-order valence-electron chi connectivity index (χ1n) is 6.29. The summed E-state index contributed by atoms with van der Waals surface area (Å²) in [5.74, 6) is 1.94. The van der Waals surface area contributed by atoms with Gasteiger partial charge in [-0.1, -0.05) is 0 Å². The van der Waals surface area contributed by atoms with Crippen molar-refractivity contribution in [2.75, 3.05) is 26.6 Å². The zero-order chi connectivity index (χ0) is 15.2. The SMILES string of the molecule is COc1ccc(C#N)c(Nc2ccc(OC)c(OC)c2)c1. The number of nitrogens with zero attached hydrogens (tertiary/aromatic N) is 1. The van der Waals surface area contributed by atoms with Crippen LogP contribution in [0.4, 0.5) is 11.4 Å². The quantitative estimate of drug-likeness (QED) is 0.912. The number of nitriles is 1. The van der Waals surface area contributed by atoms with Crippen LogP contribution < -0.4 is 19.5 Å². The number of anilines is 2. The van der Waals surface area contributed by atoms with Crippen molar-refractivity contribution in [3.8, 4) is 23.3 Å². The van der Waals surface area contributed by atoms with Crippen LogP contribution in [0.3, 0.4) is 0 Å². The molecule has 0 aliphatic carbocycles. The molecule has 0 amide bonds. The van der Waals surface area contributed by atoms with E-state index in [-0.39, 0.29) is 0 Å². The van der Waals surface area contributed by atoms with Gasteiger partial charge < -0.3 is 19.5 Å². The summed E-state index contributed by atoms with van der Waals surface area (Å²) in [5, 5.41) is 12.4. The summed E-state index contributed by atoms with van der Waals surface area (Å²) in [4.78, 5) is 0. The fraction of sp³-hybridized carbons (Fsp3) is 0.188. The van der Waals surface area contributed by atoms with E-state index in [0.29, 0.717) is 28.5 Å². The van der Waals surface area contributed by atoms with Gasteiger partial charge in [0.15, 0.2) is 11.5 Å². The van der Waals surface area contributed by atoms with Gasteiger partial charge in [-0.05, 0) is 24.3 Å². The van der Waals surface area contributed by atoms with E-state index in [1.54, 1.807) is 51.7 Å². The average molecular weight is 284 g/mol. The van der Waals surface area contributed by atoms with Crippen molar-refractivity contribution < 1.29 is 14.2 Å². The molecule has 5 nitrogen and oxygen atoms in total. The Labute approximate surface area is 123 Å². The summed E-state index contributed by atoms with van der Waals surface area (Å²) < 4.78 is 15.6. The summed E-state index contributed by atoms with van der Waals surface area (Å²) in [7, 11) is 4.75. The van der Waals surface area contributed by atoms with Crippen molar-refractivity contribution >= 4 is 11.4 Å². The summed E-state index contributed by atoms with van der Waals surface area (Å²) in [6.45, 7) is 0. The van der Waals surface area contributed by atoms with E-state index in [9.17, 15) is 0 Å². The summed E-state index contributed by atoms with van der Waals surface area (Å²) >= 11 is 0. The Morgan fingerprint density at radius 2 is 1.67 bits per heavy atom. The predicted molar refractivity (Wildman–Crippen MR) is 80.5 cm³/mol. The van der Waals surface area contributed by atoms with E-state index >= 15 is 0 Å². The maximum atomic E-state index is 9.17. The summed E-state index contributed by atoms with van der Waals surface area (Å²) in [5.41, 5.74) is 1.99. The highest BCUT2D eigenvalue weighted by Crippen LogP contribution is 2.32. The Morgan fingerprint density at radius 1 is 0.905 bits per heavy atom. The van der Waals surface area contributed by atoms with Gasteiger partial charge in [-0.2, -0.15) is 5.26 Å². The van der Waals surface area contributed by atoms with Crippen LogP contribution in [0, 0.1) is 11.3 Å². The molecule has 21 heavy (non-hydrogen) atoms. The molecule has 0 saturated carbocycles. The van der Waals surface area contributed by atoms with Gasteiger partial charge in [0.25, 0.3) is 0 Å². The molecule has 1 N–H and O–H groups in total. The number of benzene rings is 2. The van der Waals surface area contributed by atoms with Crippen molar-refractivity contribution in [3.63, 3.8) is 0 Å². The van der Waals surface area contributed by atoms with Gasteiger partial charge in [-0.25, -0.2) is 0 Å². The Hall–Kier alpha value is -2.87. The molecular formula is C16H16N2O3. The van der Waals surface area contributed by atoms with Crippen LogP contribution in [-0.4, -0.2) is 21.3 Å². The third-order valence-corrected chi connectivity index (χ3v) is 3.01. The topological polar surface area (TPSA) is 63.5 Å². The van der Waals surface area contributed by atoms with Gasteiger partial charge in [0.2, 0.25) is 0 Å². The van der Waals surface area contributed by atoms with Gasteiger partial charge in [0.1, 0.15) is 11.8 Å². The van der Waals surface area contributed by atoms with Crippen LogP contribution in [0.2, 0.25) is 0 Å². The number of methoxy groups -OCH3 is 3. The lowest BCUT2D eigenvalue weighted by atomic mass is 10.1.